The Morgan fingerprint density at radius 3 is 2.56 bits per heavy atom. The zero-order chi connectivity index (χ0) is 11.6. The van der Waals surface area contributed by atoms with Crippen LogP contribution in [0.5, 0.6) is 0 Å². The lowest BCUT2D eigenvalue weighted by molar-refractivity contribution is 0.221. The van der Waals surface area contributed by atoms with Crippen LogP contribution >= 0.6 is 0 Å². The SMILES string of the molecule is CC(C)(C)C1CC=C(C2=CC=CC[CH]2)CC1. The lowest BCUT2D eigenvalue weighted by Gasteiger charge is -2.33. The van der Waals surface area contributed by atoms with E-state index in [9.17, 15) is 0 Å². The van der Waals surface area contributed by atoms with Crippen molar-refractivity contribution < 1.29 is 0 Å². The third kappa shape index (κ3) is 2.66. The first-order chi connectivity index (χ1) is 7.57. The zero-order valence-corrected chi connectivity index (χ0v) is 10.8. The van der Waals surface area contributed by atoms with Crippen LogP contribution in [0.3, 0.4) is 0 Å². The molecule has 16 heavy (non-hydrogen) atoms. The largest absolute Gasteiger partial charge is 0.0839 e. The second-order valence-corrected chi connectivity index (χ2v) is 6.06. The van der Waals surface area contributed by atoms with Crippen LogP contribution in [0.1, 0.15) is 46.5 Å². The molecule has 1 atom stereocenters. The molecular formula is C16H23. The molecule has 0 nitrogen and oxygen atoms in total. The molecule has 0 saturated heterocycles. The van der Waals surface area contributed by atoms with E-state index in [0.29, 0.717) is 5.41 Å². The molecule has 0 heteroatoms. The van der Waals surface area contributed by atoms with E-state index in [4.69, 9.17) is 0 Å². The molecule has 0 aromatic heterocycles. The predicted octanol–water partition coefficient (Wildman–Crippen LogP) is 4.85. The van der Waals surface area contributed by atoms with E-state index in [-0.39, 0.29) is 0 Å². The first-order valence-corrected chi connectivity index (χ1v) is 6.47. The molecule has 2 aliphatic carbocycles. The maximum atomic E-state index is 2.47. The summed E-state index contributed by atoms with van der Waals surface area (Å²) in [5, 5.41) is 0. The Morgan fingerprint density at radius 2 is 2.06 bits per heavy atom. The van der Waals surface area contributed by atoms with E-state index in [2.05, 4.69) is 51.5 Å². The van der Waals surface area contributed by atoms with Crippen LogP contribution in [-0.2, 0) is 0 Å². The number of allylic oxidation sites excluding steroid dienone is 6. The second-order valence-electron chi connectivity index (χ2n) is 6.06. The first kappa shape index (κ1) is 11.7. The summed E-state index contributed by atoms with van der Waals surface area (Å²) in [4.78, 5) is 0. The number of hydrogen-bond donors (Lipinski definition) is 0. The molecule has 0 heterocycles. The Morgan fingerprint density at radius 1 is 1.25 bits per heavy atom. The molecule has 0 saturated carbocycles. The molecule has 0 bridgehead atoms. The summed E-state index contributed by atoms with van der Waals surface area (Å²) in [6.45, 7) is 7.10. The highest BCUT2D eigenvalue weighted by molar-refractivity contribution is 5.42. The van der Waals surface area contributed by atoms with E-state index in [1.807, 2.05) is 0 Å². The van der Waals surface area contributed by atoms with Crippen molar-refractivity contribution in [3.63, 3.8) is 0 Å². The van der Waals surface area contributed by atoms with Gasteiger partial charge in [-0.25, -0.2) is 0 Å². The predicted molar refractivity (Wildman–Crippen MR) is 71.0 cm³/mol. The quantitative estimate of drug-likeness (QED) is 0.586. The Bertz CT molecular complexity index is 334. The average molecular weight is 215 g/mol. The minimum atomic E-state index is 0.465. The van der Waals surface area contributed by atoms with Crippen molar-refractivity contribution in [3.8, 4) is 0 Å². The number of hydrogen-bond acceptors (Lipinski definition) is 0. The van der Waals surface area contributed by atoms with Crippen LogP contribution in [0.25, 0.3) is 0 Å². The van der Waals surface area contributed by atoms with Gasteiger partial charge >= 0.3 is 0 Å². The summed E-state index contributed by atoms with van der Waals surface area (Å²) in [7, 11) is 0. The van der Waals surface area contributed by atoms with Gasteiger partial charge in [0.25, 0.3) is 0 Å². The fraction of sp³-hybridized carbons (Fsp3) is 0.562. The molecule has 2 rings (SSSR count). The van der Waals surface area contributed by atoms with Crippen molar-refractivity contribution >= 4 is 0 Å². The Balaban J connectivity index is 2.03. The molecule has 0 aliphatic heterocycles. The Kier molecular flexibility index (Phi) is 3.37. The van der Waals surface area contributed by atoms with Gasteiger partial charge in [-0.2, -0.15) is 0 Å². The van der Waals surface area contributed by atoms with Crippen LogP contribution in [0.15, 0.2) is 35.5 Å². The van der Waals surface area contributed by atoms with Gasteiger partial charge in [-0.05, 0) is 54.6 Å². The van der Waals surface area contributed by atoms with Gasteiger partial charge in [0.2, 0.25) is 0 Å². The minimum Gasteiger partial charge on any atom is -0.0839 e. The van der Waals surface area contributed by atoms with Crippen LogP contribution in [-0.4, -0.2) is 0 Å². The first-order valence-electron chi connectivity index (χ1n) is 6.47. The van der Waals surface area contributed by atoms with E-state index in [1.54, 1.807) is 5.57 Å². The van der Waals surface area contributed by atoms with Crippen molar-refractivity contribution in [2.24, 2.45) is 11.3 Å². The second kappa shape index (κ2) is 4.61. The Labute approximate surface area is 100 Å². The maximum Gasteiger partial charge on any atom is -0.00527 e. The molecule has 2 aliphatic rings. The topological polar surface area (TPSA) is 0 Å². The summed E-state index contributed by atoms with van der Waals surface area (Å²) < 4.78 is 0. The highest BCUT2D eigenvalue weighted by atomic mass is 14.3. The van der Waals surface area contributed by atoms with Crippen molar-refractivity contribution in [1.82, 2.24) is 0 Å². The normalized spacial score (nSPS) is 26.3. The third-order valence-electron chi connectivity index (χ3n) is 3.89. The van der Waals surface area contributed by atoms with Gasteiger partial charge in [0.1, 0.15) is 0 Å². The highest BCUT2D eigenvalue weighted by Crippen LogP contribution is 2.39. The lowest BCUT2D eigenvalue weighted by Crippen LogP contribution is -2.22. The van der Waals surface area contributed by atoms with Crippen LogP contribution in [0.4, 0.5) is 0 Å². The fourth-order valence-corrected chi connectivity index (χ4v) is 2.63. The van der Waals surface area contributed by atoms with E-state index in [1.165, 1.54) is 24.8 Å². The molecular weight excluding hydrogens is 192 g/mol. The summed E-state index contributed by atoms with van der Waals surface area (Å²) in [6, 6.07) is 0. The van der Waals surface area contributed by atoms with E-state index >= 15 is 0 Å². The number of rotatable bonds is 1. The molecule has 0 N–H and O–H groups in total. The van der Waals surface area contributed by atoms with Crippen LogP contribution < -0.4 is 0 Å². The molecule has 0 aromatic carbocycles. The third-order valence-corrected chi connectivity index (χ3v) is 3.89. The molecule has 0 spiro atoms. The molecule has 1 unspecified atom stereocenters. The van der Waals surface area contributed by atoms with Crippen molar-refractivity contribution in [3.05, 3.63) is 41.9 Å². The maximum absolute atomic E-state index is 2.47. The smallest absolute Gasteiger partial charge is 0.00527 e. The van der Waals surface area contributed by atoms with E-state index < -0.39 is 0 Å². The summed E-state index contributed by atoms with van der Waals surface area (Å²) >= 11 is 0. The van der Waals surface area contributed by atoms with Gasteiger partial charge < -0.3 is 0 Å². The van der Waals surface area contributed by atoms with Gasteiger partial charge in [0.05, 0.1) is 0 Å². The standard InChI is InChI=1S/C16H23/c1-16(2,3)15-11-9-14(10-12-15)13-7-5-4-6-8-13/h4-5,7-9,15H,6,10-12H2,1-3H3. The highest BCUT2D eigenvalue weighted by Gasteiger charge is 2.26. The monoisotopic (exact) mass is 215 g/mol. The van der Waals surface area contributed by atoms with Gasteiger partial charge in [0.15, 0.2) is 0 Å². The van der Waals surface area contributed by atoms with Gasteiger partial charge in [-0.15, -0.1) is 0 Å². The van der Waals surface area contributed by atoms with Crippen molar-refractivity contribution in [2.75, 3.05) is 0 Å². The lowest BCUT2D eigenvalue weighted by atomic mass is 9.72. The molecule has 1 radical (unpaired) electrons. The van der Waals surface area contributed by atoms with Gasteiger partial charge in [-0.1, -0.05) is 45.1 Å². The molecule has 87 valence electrons. The van der Waals surface area contributed by atoms with Crippen molar-refractivity contribution in [2.45, 2.75) is 46.5 Å². The molecule has 0 fully saturated rings. The molecule has 0 amide bonds. The summed E-state index contributed by atoms with van der Waals surface area (Å²) in [6.07, 6.45) is 16.5. The fourth-order valence-electron chi connectivity index (χ4n) is 2.63. The molecule has 0 aromatic rings. The zero-order valence-electron chi connectivity index (χ0n) is 10.8. The van der Waals surface area contributed by atoms with Gasteiger partial charge in [0, 0.05) is 0 Å². The minimum absolute atomic E-state index is 0.465. The van der Waals surface area contributed by atoms with Crippen molar-refractivity contribution in [1.29, 1.82) is 0 Å². The van der Waals surface area contributed by atoms with E-state index in [0.717, 1.165) is 12.3 Å². The summed E-state index contributed by atoms with van der Waals surface area (Å²) in [5.41, 5.74) is 3.51. The van der Waals surface area contributed by atoms with Gasteiger partial charge in [-0.3, -0.25) is 0 Å². The average Bonchev–Trinajstić information content (AvgIpc) is 2.29. The van der Waals surface area contributed by atoms with Crippen LogP contribution in [0.2, 0.25) is 0 Å². The van der Waals surface area contributed by atoms with Crippen LogP contribution in [0, 0.1) is 17.8 Å². The Hall–Kier alpha value is -0.780. The summed E-state index contributed by atoms with van der Waals surface area (Å²) in [5.74, 6) is 0.857.